The summed E-state index contributed by atoms with van der Waals surface area (Å²) in [5, 5.41) is 3.23. The van der Waals surface area contributed by atoms with Crippen LogP contribution in [0.1, 0.15) is 23.7 Å². The average molecular weight is 500 g/mol. The molecule has 0 aliphatic heterocycles. The molecule has 0 radical (unpaired) electrons. The summed E-state index contributed by atoms with van der Waals surface area (Å²) in [6.07, 6.45) is 1.12. The van der Waals surface area contributed by atoms with Gasteiger partial charge in [-0.05, 0) is 25.5 Å². The van der Waals surface area contributed by atoms with E-state index in [-0.39, 0.29) is 6.61 Å². The second-order valence-corrected chi connectivity index (χ2v) is 6.99. The minimum absolute atomic E-state index is 0.276. The number of rotatable bonds is 5. The van der Waals surface area contributed by atoms with Gasteiger partial charge in [-0.3, -0.25) is 9.72 Å². The number of aromatic nitrogens is 3. The van der Waals surface area contributed by atoms with Crippen LogP contribution < -0.4 is 11.1 Å². The summed E-state index contributed by atoms with van der Waals surface area (Å²) in [6.45, 7) is 4.19. The van der Waals surface area contributed by atoms with Crippen LogP contribution in [-0.4, -0.2) is 27.1 Å². The number of halogens is 2. The molecule has 7 nitrogen and oxygen atoms in total. The number of anilines is 1. The number of carbonyl (C=O) groups is 1. The van der Waals surface area contributed by atoms with Crippen molar-refractivity contribution < 1.29 is 9.53 Å². The van der Waals surface area contributed by atoms with Crippen molar-refractivity contribution in [2.45, 2.75) is 24.8 Å². The molecule has 0 saturated heterocycles. The van der Waals surface area contributed by atoms with Crippen molar-refractivity contribution in [3.63, 3.8) is 0 Å². The fourth-order valence-corrected chi connectivity index (χ4v) is 3.62. The minimum Gasteiger partial charge on any atom is -0.450 e. The van der Waals surface area contributed by atoms with Crippen LogP contribution in [0.5, 0.6) is 0 Å². The first kappa shape index (κ1) is 19.8. The van der Waals surface area contributed by atoms with Gasteiger partial charge in [0, 0.05) is 27.8 Å². The van der Waals surface area contributed by atoms with Crippen molar-refractivity contribution in [1.29, 1.82) is 0 Å². The Kier molecular flexibility index (Phi) is 6.18. The van der Waals surface area contributed by atoms with Crippen LogP contribution in [0.3, 0.4) is 0 Å². The van der Waals surface area contributed by atoms with E-state index in [0.717, 1.165) is 32.5 Å². The Balaban J connectivity index is 2.20. The van der Waals surface area contributed by atoms with E-state index in [9.17, 15) is 4.79 Å². The summed E-state index contributed by atoms with van der Waals surface area (Å²) < 4.78 is 7.57. The van der Waals surface area contributed by atoms with E-state index in [4.69, 9.17) is 22.1 Å². The molecule has 0 saturated carbocycles. The smallest absolute Gasteiger partial charge is 0.412 e. The average Bonchev–Trinajstić information content (AvgIpc) is 3.02. The normalized spacial score (nSPS) is 11.0. The van der Waals surface area contributed by atoms with Gasteiger partial charge in [0.05, 0.1) is 23.5 Å². The Morgan fingerprint density at radius 3 is 2.81 bits per heavy atom. The van der Waals surface area contributed by atoms with E-state index in [0.29, 0.717) is 23.2 Å². The number of nitrogens with one attached hydrogen (secondary N) is 1. The number of carbonyl (C=O) groups excluding carboxylic acids is 1. The number of fused-ring (bicyclic) bond motifs is 1. The highest BCUT2D eigenvalue weighted by Crippen LogP contribution is 2.33. The van der Waals surface area contributed by atoms with Gasteiger partial charge in [0.15, 0.2) is 5.82 Å². The Labute approximate surface area is 175 Å². The van der Waals surface area contributed by atoms with Gasteiger partial charge in [0.2, 0.25) is 5.78 Å². The third kappa shape index (κ3) is 4.02. The van der Waals surface area contributed by atoms with Crippen LogP contribution in [0.4, 0.5) is 10.6 Å². The summed E-state index contributed by atoms with van der Waals surface area (Å²) in [7, 11) is 0. The Hall–Kier alpha value is -1.91. The zero-order valence-electron chi connectivity index (χ0n) is 14.9. The molecule has 3 aromatic rings. The van der Waals surface area contributed by atoms with Crippen molar-refractivity contribution in [3.05, 3.63) is 46.2 Å². The van der Waals surface area contributed by atoms with Gasteiger partial charge in [0.25, 0.3) is 0 Å². The second kappa shape index (κ2) is 8.41. The van der Waals surface area contributed by atoms with E-state index < -0.39 is 6.09 Å². The summed E-state index contributed by atoms with van der Waals surface area (Å²) >= 11 is 8.86. The maximum Gasteiger partial charge on any atom is 0.412 e. The van der Waals surface area contributed by atoms with Gasteiger partial charge >= 0.3 is 6.09 Å². The highest BCUT2D eigenvalue weighted by molar-refractivity contribution is 14.1. The molecule has 3 N–H and O–H groups in total. The zero-order chi connectivity index (χ0) is 19.6. The lowest BCUT2D eigenvalue weighted by atomic mass is 10.0. The van der Waals surface area contributed by atoms with Crippen LogP contribution in [0, 0.1) is 6.92 Å². The number of nitrogens with zero attached hydrogens (tertiary/aromatic N) is 3. The van der Waals surface area contributed by atoms with Gasteiger partial charge in [-0.25, -0.2) is 9.78 Å². The molecule has 9 heteroatoms. The van der Waals surface area contributed by atoms with Gasteiger partial charge in [-0.1, -0.05) is 46.3 Å². The first-order valence-electron chi connectivity index (χ1n) is 8.35. The van der Waals surface area contributed by atoms with Gasteiger partial charge in [0.1, 0.15) is 0 Å². The predicted octanol–water partition coefficient (Wildman–Crippen LogP) is 4.32. The molecular formula is C18H19ClIN5O2. The van der Waals surface area contributed by atoms with Crippen molar-refractivity contribution in [3.8, 4) is 11.3 Å². The van der Waals surface area contributed by atoms with Crippen LogP contribution in [0.25, 0.3) is 17.0 Å². The molecule has 27 heavy (non-hydrogen) atoms. The summed E-state index contributed by atoms with van der Waals surface area (Å²) in [4.78, 5) is 20.6. The fourth-order valence-electron chi connectivity index (χ4n) is 2.85. The molecule has 2 aromatic heterocycles. The SMILES string of the molecule is CCOC(=O)Nc1cn2c(-c3ccc(CI)cc3Cl)c(CN)c(C)nc2n1. The fraction of sp³-hybridized carbons (Fsp3) is 0.278. The third-order valence-electron chi connectivity index (χ3n) is 4.07. The molecule has 0 aliphatic carbocycles. The zero-order valence-corrected chi connectivity index (χ0v) is 17.8. The molecule has 0 spiro atoms. The van der Waals surface area contributed by atoms with Crippen LogP contribution >= 0.6 is 34.2 Å². The Bertz CT molecular complexity index is 1010. The van der Waals surface area contributed by atoms with Crippen molar-refractivity contribution in [2.24, 2.45) is 5.73 Å². The van der Waals surface area contributed by atoms with Gasteiger partial charge in [-0.2, -0.15) is 4.98 Å². The number of aryl methyl sites for hydroxylation is 1. The number of hydrogen-bond acceptors (Lipinski definition) is 5. The molecule has 1 amide bonds. The summed E-state index contributed by atoms with van der Waals surface area (Å²) in [5.74, 6) is 0.788. The van der Waals surface area contributed by atoms with E-state index in [1.165, 1.54) is 0 Å². The maximum atomic E-state index is 11.7. The molecule has 0 fully saturated rings. The molecule has 0 aliphatic rings. The van der Waals surface area contributed by atoms with Crippen molar-refractivity contribution >= 4 is 51.9 Å². The summed E-state index contributed by atoms with van der Waals surface area (Å²) in [5.41, 5.74) is 10.4. The topological polar surface area (TPSA) is 94.5 Å². The number of ether oxygens (including phenoxy) is 1. The molecule has 1 aromatic carbocycles. The van der Waals surface area contributed by atoms with Crippen molar-refractivity contribution in [2.75, 3.05) is 11.9 Å². The molecular weight excluding hydrogens is 481 g/mol. The first-order valence-corrected chi connectivity index (χ1v) is 10.3. The van der Waals surface area contributed by atoms with Crippen molar-refractivity contribution in [1.82, 2.24) is 14.4 Å². The minimum atomic E-state index is -0.567. The van der Waals surface area contributed by atoms with Gasteiger partial charge in [-0.15, -0.1) is 0 Å². The monoisotopic (exact) mass is 499 g/mol. The molecule has 142 valence electrons. The number of nitrogens with two attached hydrogens (primary N) is 1. The van der Waals surface area contributed by atoms with E-state index in [1.54, 1.807) is 17.5 Å². The lowest BCUT2D eigenvalue weighted by Crippen LogP contribution is -2.13. The largest absolute Gasteiger partial charge is 0.450 e. The molecule has 2 heterocycles. The standard InChI is InChI=1S/C18H19ClIN5O2/c1-3-27-18(26)24-15-9-25-16(12-5-4-11(7-20)6-14(12)19)13(8-21)10(2)22-17(25)23-15/h4-6,9H,3,7-8,21H2,1-2H3,(H,24,26). The van der Waals surface area contributed by atoms with E-state index in [1.807, 2.05) is 25.1 Å². The first-order chi connectivity index (χ1) is 13.0. The Morgan fingerprint density at radius 1 is 1.41 bits per heavy atom. The predicted molar refractivity (Wildman–Crippen MR) is 114 cm³/mol. The molecule has 0 atom stereocenters. The van der Waals surface area contributed by atoms with E-state index in [2.05, 4.69) is 37.9 Å². The quantitative estimate of drug-likeness (QED) is 0.403. The van der Waals surface area contributed by atoms with Gasteiger partial charge < -0.3 is 10.5 Å². The third-order valence-corrected chi connectivity index (χ3v) is 5.26. The lowest BCUT2D eigenvalue weighted by Gasteiger charge is -2.15. The lowest BCUT2D eigenvalue weighted by molar-refractivity contribution is 0.168. The molecule has 0 bridgehead atoms. The number of imidazole rings is 1. The Morgan fingerprint density at radius 2 is 2.19 bits per heavy atom. The summed E-state index contributed by atoms with van der Waals surface area (Å²) in [6, 6.07) is 5.95. The van der Waals surface area contributed by atoms with Crippen LogP contribution in [0.2, 0.25) is 5.02 Å². The van der Waals surface area contributed by atoms with Crippen LogP contribution in [0.15, 0.2) is 24.4 Å². The second-order valence-electron chi connectivity index (χ2n) is 5.82. The number of hydrogen-bond donors (Lipinski definition) is 2. The molecule has 0 unspecified atom stereocenters. The maximum absolute atomic E-state index is 11.7. The highest BCUT2D eigenvalue weighted by Gasteiger charge is 2.18. The highest BCUT2D eigenvalue weighted by atomic mass is 127. The number of benzene rings is 1. The van der Waals surface area contributed by atoms with E-state index >= 15 is 0 Å². The van der Waals surface area contributed by atoms with Crippen LogP contribution in [-0.2, 0) is 15.7 Å². The number of alkyl halides is 1. The molecule has 3 rings (SSSR count). The number of amides is 1.